The molecule has 0 spiro atoms. The molecule has 1 aromatic carbocycles. The molecule has 0 aliphatic carbocycles. The van der Waals surface area contributed by atoms with Gasteiger partial charge >= 0.3 is 11.9 Å². The van der Waals surface area contributed by atoms with Crippen LogP contribution in [0.3, 0.4) is 0 Å². The van der Waals surface area contributed by atoms with Crippen LogP contribution in [0.4, 0.5) is 0 Å². The largest absolute Gasteiger partial charge is 0.504 e. The number of hydrogen-bond donors (Lipinski definition) is 6. The van der Waals surface area contributed by atoms with Gasteiger partial charge in [-0.25, -0.2) is 4.79 Å². The van der Waals surface area contributed by atoms with Crippen molar-refractivity contribution < 1.29 is 54.4 Å². The molecule has 5 atom stereocenters. The maximum Gasteiger partial charge on any atom is 0.335 e. The van der Waals surface area contributed by atoms with E-state index in [2.05, 4.69) is 0 Å². The minimum absolute atomic E-state index is 0.0301. The fourth-order valence-electron chi connectivity index (χ4n) is 2.58. The topological polar surface area (TPSA) is 183 Å². The number of phenolic OH excluding ortho intramolecular Hbond substituents is 2. The summed E-state index contributed by atoms with van der Waals surface area (Å²) in [5.41, 5.74) is 0.269. The average Bonchev–Trinajstić information content (AvgIpc) is 2.61. The Morgan fingerprint density at radius 1 is 1.11 bits per heavy atom. The van der Waals surface area contributed by atoms with Gasteiger partial charge in [-0.2, -0.15) is 0 Å². The number of carboxylic acids is 1. The van der Waals surface area contributed by atoms with Crippen molar-refractivity contribution in [2.24, 2.45) is 0 Å². The molecule has 1 heterocycles. The third-order valence-corrected chi connectivity index (χ3v) is 4.06. The lowest BCUT2D eigenvalue weighted by molar-refractivity contribution is -0.286. The molecule has 0 aromatic heterocycles. The van der Waals surface area contributed by atoms with Crippen LogP contribution in [-0.4, -0.2) is 80.4 Å². The van der Waals surface area contributed by atoms with Crippen molar-refractivity contribution in [1.82, 2.24) is 0 Å². The van der Waals surface area contributed by atoms with Crippen LogP contribution >= 0.6 is 0 Å². The van der Waals surface area contributed by atoms with Crippen molar-refractivity contribution in [3.63, 3.8) is 0 Å². The molecule has 0 saturated carbocycles. The van der Waals surface area contributed by atoms with Crippen LogP contribution in [0.25, 0.3) is 0 Å². The van der Waals surface area contributed by atoms with Gasteiger partial charge in [0.25, 0.3) is 0 Å². The summed E-state index contributed by atoms with van der Waals surface area (Å²) in [6.45, 7) is 0. The number of rotatable bonds is 6. The van der Waals surface area contributed by atoms with Crippen molar-refractivity contribution in [2.75, 3.05) is 7.11 Å². The van der Waals surface area contributed by atoms with Gasteiger partial charge in [-0.3, -0.25) is 4.79 Å². The summed E-state index contributed by atoms with van der Waals surface area (Å²) in [5, 5.41) is 57.5. The van der Waals surface area contributed by atoms with Crippen LogP contribution in [0.5, 0.6) is 17.2 Å². The van der Waals surface area contributed by atoms with Gasteiger partial charge in [0, 0.05) is 6.42 Å². The lowest BCUT2D eigenvalue weighted by atomic mass is 9.99. The maximum atomic E-state index is 12.0. The second kappa shape index (κ2) is 8.39. The van der Waals surface area contributed by atoms with E-state index in [0.29, 0.717) is 0 Å². The summed E-state index contributed by atoms with van der Waals surface area (Å²) in [5.74, 6) is -3.32. The molecule has 11 nitrogen and oxygen atoms in total. The highest BCUT2D eigenvalue weighted by Gasteiger charge is 2.48. The minimum Gasteiger partial charge on any atom is -0.504 e. The van der Waals surface area contributed by atoms with E-state index in [-0.39, 0.29) is 35.7 Å². The number of ether oxygens (including phenoxy) is 3. The van der Waals surface area contributed by atoms with Gasteiger partial charge < -0.3 is 44.8 Å². The normalized spacial score (nSPS) is 27.8. The number of phenols is 2. The number of benzene rings is 1. The van der Waals surface area contributed by atoms with E-state index in [1.807, 2.05) is 0 Å². The molecule has 1 fully saturated rings. The van der Waals surface area contributed by atoms with E-state index in [9.17, 15) is 35.1 Å². The van der Waals surface area contributed by atoms with Gasteiger partial charge in [0.2, 0.25) is 12.0 Å². The summed E-state index contributed by atoms with van der Waals surface area (Å²) >= 11 is 0. The minimum atomic E-state index is -1.89. The zero-order valence-electron chi connectivity index (χ0n) is 14.2. The second-order valence-corrected chi connectivity index (χ2v) is 5.85. The molecule has 150 valence electrons. The van der Waals surface area contributed by atoms with Crippen LogP contribution in [0.1, 0.15) is 12.0 Å². The highest BCUT2D eigenvalue weighted by Crippen LogP contribution is 2.38. The Morgan fingerprint density at radius 3 is 2.37 bits per heavy atom. The number of hydrogen-bond acceptors (Lipinski definition) is 10. The first-order chi connectivity index (χ1) is 12.7. The molecule has 27 heavy (non-hydrogen) atoms. The lowest BCUT2D eigenvalue weighted by Gasteiger charge is -2.37. The third kappa shape index (κ3) is 4.39. The zero-order chi connectivity index (χ0) is 20.3. The van der Waals surface area contributed by atoms with Crippen LogP contribution in [0, 0.1) is 0 Å². The number of aryl methyl sites for hydroxylation is 1. The van der Waals surface area contributed by atoms with Crippen LogP contribution in [0.2, 0.25) is 0 Å². The van der Waals surface area contributed by atoms with Gasteiger partial charge in [-0.1, -0.05) is 6.07 Å². The van der Waals surface area contributed by atoms with Crippen LogP contribution < -0.4 is 4.74 Å². The molecular weight excluding hydrogens is 368 g/mol. The number of carboxylic acid groups (broad SMARTS) is 1. The molecule has 1 aliphatic rings. The van der Waals surface area contributed by atoms with E-state index in [0.717, 1.165) is 0 Å². The standard InChI is InChI=1S/C16H20O11/c1-25-13-7(17)4-2-6(9(13)19)3-5-8(18)26-16-12(22)10(20)11(21)14(27-16)15(23)24/h2,4,10-12,14,16-17,19-22H,3,5H2,1H3,(H,23,24). The Hall–Kier alpha value is -2.60. The maximum absolute atomic E-state index is 12.0. The Labute approximate surface area is 153 Å². The van der Waals surface area contributed by atoms with E-state index in [4.69, 9.17) is 19.3 Å². The number of aromatic hydroxyl groups is 2. The highest BCUT2D eigenvalue weighted by molar-refractivity contribution is 5.74. The Kier molecular flexibility index (Phi) is 6.44. The summed E-state index contributed by atoms with van der Waals surface area (Å²) < 4.78 is 14.5. The molecule has 2 rings (SSSR count). The molecule has 1 saturated heterocycles. The van der Waals surface area contributed by atoms with Gasteiger partial charge in [-0.05, 0) is 18.1 Å². The number of esters is 1. The summed E-state index contributed by atoms with van der Waals surface area (Å²) in [6.07, 6.45) is -9.63. The quantitative estimate of drug-likeness (QED) is 0.311. The predicted octanol–water partition coefficient (Wildman–Crippen LogP) is -1.53. The molecule has 1 aliphatic heterocycles. The fraction of sp³-hybridized carbons (Fsp3) is 0.500. The first-order valence-corrected chi connectivity index (χ1v) is 7.87. The van der Waals surface area contributed by atoms with Crippen molar-refractivity contribution in [1.29, 1.82) is 0 Å². The molecule has 6 N–H and O–H groups in total. The second-order valence-electron chi connectivity index (χ2n) is 5.85. The van der Waals surface area contributed by atoms with E-state index < -0.39 is 42.6 Å². The molecule has 0 radical (unpaired) electrons. The SMILES string of the molecule is COc1c(O)ccc(CCC(=O)OC2OC(C(=O)O)C(O)C(O)C2O)c1O. The number of aliphatic hydroxyl groups excluding tert-OH is 3. The smallest absolute Gasteiger partial charge is 0.335 e. The first kappa shape index (κ1) is 20.7. The van der Waals surface area contributed by atoms with Gasteiger partial charge in [0.15, 0.2) is 17.6 Å². The van der Waals surface area contributed by atoms with E-state index in [1.165, 1.54) is 19.2 Å². The molecule has 11 heteroatoms. The van der Waals surface area contributed by atoms with Crippen molar-refractivity contribution in [3.05, 3.63) is 17.7 Å². The number of carbonyl (C=O) groups is 2. The Morgan fingerprint density at radius 2 is 1.78 bits per heavy atom. The van der Waals surface area contributed by atoms with Gasteiger partial charge in [0.1, 0.15) is 18.3 Å². The number of methoxy groups -OCH3 is 1. The van der Waals surface area contributed by atoms with Crippen molar-refractivity contribution in [3.8, 4) is 17.2 Å². The first-order valence-electron chi connectivity index (χ1n) is 7.87. The molecular formula is C16H20O11. The third-order valence-electron chi connectivity index (χ3n) is 4.06. The van der Waals surface area contributed by atoms with Gasteiger partial charge in [-0.15, -0.1) is 0 Å². The molecule has 1 aromatic rings. The summed E-state index contributed by atoms with van der Waals surface area (Å²) in [6, 6.07) is 2.63. The number of carbonyl (C=O) groups excluding carboxylic acids is 1. The van der Waals surface area contributed by atoms with Crippen molar-refractivity contribution in [2.45, 2.75) is 43.5 Å². The van der Waals surface area contributed by atoms with E-state index >= 15 is 0 Å². The summed E-state index contributed by atoms with van der Waals surface area (Å²) in [7, 11) is 1.24. The summed E-state index contributed by atoms with van der Waals surface area (Å²) in [4.78, 5) is 23.0. The molecule has 0 bridgehead atoms. The predicted molar refractivity (Wildman–Crippen MR) is 85.1 cm³/mol. The van der Waals surface area contributed by atoms with Crippen LogP contribution in [-0.2, 0) is 25.5 Å². The molecule has 5 unspecified atom stereocenters. The number of aliphatic carboxylic acids is 1. The van der Waals surface area contributed by atoms with Crippen LogP contribution in [0.15, 0.2) is 12.1 Å². The monoisotopic (exact) mass is 388 g/mol. The van der Waals surface area contributed by atoms with Gasteiger partial charge in [0.05, 0.1) is 7.11 Å². The van der Waals surface area contributed by atoms with E-state index in [1.54, 1.807) is 0 Å². The Bertz CT molecular complexity index is 704. The molecule has 0 amide bonds. The lowest BCUT2D eigenvalue weighted by Crippen LogP contribution is -2.60. The fourth-order valence-corrected chi connectivity index (χ4v) is 2.58. The zero-order valence-corrected chi connectivity index (χ0v) is 14.2. The van der Waals surface area contributed by atoms with Crippen molar-refractivity contribution >= 4 is 11.9 Å². The average molecular weight is 388 g/mol. The Balaban J connectivity index is 2.00. The number of aliphatic hydroxyl groups is 3. The highest BCUT2D eigenvalue weighted by atomic mass is 16.7.